The molecule has 0 aliphatic heterocycles. The second-order valence-electron chi connectivity index (χ2n) is 3.91. The quantitative estimate of drug-likeness (QED) is 0.944. The molecule has 2 aromatic heterocycles. The van der Waals surface area contributed by atoms with Crippen molar-refractivity contribution in [2.75, 3.05) is 17.7 Å². The standard InChI is InChI=1S/C12H14BrN3S/c1-8-10(14)4-6-12(15-8)16(2)7-9-3-5-11(13)17-9/h3-6H,7,14H2,1-2H3. The van der Waals surface area contributed by atoms with Gasteiger partial charge in [-0.05, 0) is 47.1 Å². The van der Waals surface area contributed by atoms with Crippen molar-refractivity contribution in [2.45, 2.75) is 13.5 Å². The van der Waals surface area contributed by atoms with Gasteiger partial charge in [0, 0.05) is 11.9 Å². The molecule has 0 unspecified atom stereocenters. The van der Waals surface area contributed by atoms with Crippen LogP contribution < -0.4 is 10.6 Å². The number of nitrogens with two attached hydrogens (primary N) is 1. The Kier molecular flexibility index (Phi) is 3.69. The second kappa shape index (κ2) is 5.06. The molecule has 0 fully saturated rings. The van der Waals surface area contributed by atoms with Gasteiger partial charge in [0.25, 0.3) is 0 Å². The van der Waals surface area contributed by atoms with Gasteiger partial charge in [-0.25, -0.2) is 4.98 Å². The van der Waals surface area contributed by atoms with E-state index in [9.17, 15) is 0 Å². The van der Waals surface area contributed by atoms with E-state index in [2.05, 4.69) is 37.9 Å². The fourth-order valence-electron chi connectivity index (χ4n) is 1.52. The molecule has 0 saturated heterocycles. The zero-order chi connectivity index (χ0) is 12.4. The van der Waals surface area contributed by atoms with E-state index in [4.69, 9.17) is 5.73 Å². The highest BCUT2D eigenvalue weighted by Crippen LogP contribution is 2.24. The Bertz CT molecular complexity index is 524. The maximum absolute atomic E-state index is 5.76. The number of rotatable bonds is 3. The minimum Gasteiger partial charge on any atom is -0.397 e. The third-order valence-corrected chi connectivity index (χ3v) is 4.13. The molecule has 0 bridgehead atoms. The Balaban J connectivity index is 2.14. The normalized spacial score (nSPS) is 10.5. The van der Waals surface area contributed by atoms with Gasteiger partial charge < -0.3 is 10.6 Å². The maximum Gasteiger partial charge on any atom is 0.129 e. The highest BCUT2D eigenvalue weighted by Gasteiger charge is 2.06. The number of nitrogens with zero attached hydrogens (tertiary/aromatic N) is 2. The summed E-state index contributed by atoms with van der Waals surface area (Å²) in [5.41, 5.74) is 7.37. The van der Waals surface area contributed by atoms with Crippen molar-refractivity contribution < 1.29 is 0 Å². The van der Waals surface area contributed by atoms with Crippen LogP contribution in [0.3, 0.4) is 0 Å². The molecule has 0 saturated carbocycles. The number of thiophene rings is 1. The molecule has 90 valence electrons. The van der Waals surface area contributed by atoms with Crippen LogP contribution in [0.4, 0.5) is 11.5 Å². The molecular weight excluding hydrogens is 298 g/mol. The van der Waals surface area contributed by atoms with E-state index in [-0.39, 0.29) is 0 Å². The Morgan fingerprint density at radius 1 is 1.35 bits per heavy atom. The minimum atomic E-state index is 0.737. The molecule has 0 aliphatic rings. The molecule has 0 amide bonds. The lowest BCUT2D eigenvalue weighted by molar-refractivity contribution is 0.907. The summed E-state index contributed by atoms with van der Waals surface area (Å²) in [5.74, 6) is 0.946. The van der Waals surface area contributed by atoms with Gasteiger partial charge in [-0.2, -0.15) is 0 Å². The van der Waals surface area contributed by atoms with Crippen LogP contribution in [0.5, 0.6) is 0 Å². The van der Waals surface area contributed by atoms with Gasteiger partial charge >= 0.3 is 0 Å². The lowest BCUT2D eigenvalue weighted by Crippen LogP contribution is -2.17. The van der Waals surface area contributed by atoms with Crippen LogP contribution in [0.2, 0.25) is 0 Å². The number of hydrogen-bond donors (Lipinski definition) is 1. The van der Waals surface area contributed by atoms with Crippen LogP contribution >= 0.6 is 27.3 Å². The predicted octanol–water partition coefficient (Wildman–Crippen LogP) is 3.43. The summed E-state index contributed by atoms with van der Waals surface area (Å²) in [6.07, 6.45) is 0. The molecule has 0 aromatic carbocycles. The van der Waals surface area contributed by atoms with Crippen molar-refractivity contribution in [3.05, 3.63) is 38.6 Å². The van der Waals surface area contributed by atoms with Crippen LogP contribution in [-0.4, -0.2) is 12.0 Å². The monoisotopic (exact) mass is 311 g/mol. The van der Waals surface area contributed by atoms with Crippen molar-refractivity contribution in [1.82, 2.24) is 4.98 Å². The highest BCUT2D eigenvalue weighted by molar-refractivity contribution is 9.11. The average Bonchev–Trinajstić information content (AvgIpc) is 2.68. The van der Waals surface area contributed by atoms with E-state index in [0.29, 0.717) is 0 Å². The average molecular weight is 312 g/mol. The van der Waals surface area contributed by atoms with Gasteiger partial charge in [0.15, 0.2) is 0 Å². The topological polar surface area (TPSA) is 42.2 Å². The van der Waals surface area contributed by atoms with Crippen molar-refractivity contribution in [3.63, 3.8) is 0 Å². The van der Waals surface area contributed by atoms with Crippen LogP contribution in [0.15, 0.2) is 28.1 Å². The third-order valence-electron chi connectivity index (χ3n) is 2.52. The first-order valence-electron chi connectivity index (χ1n) is 5.25. The lowest BCUT2D eigenvalue weighted by atomic mass is 10.3. The molecule has 3 nitrogen and oxygen atoms in total. The van der Waals surface area contributed by atoms with E-state index in [0.717, 1.165) is 27.5 Å². The number of halogens is 1. The van der Waals surface area contributed by atoms with E-state index < -0.39 is 0 Å². The van der Waals surface area contributed by atoms with Gasteiger partial charge in [-0.3, -0.25) is 0 Å². The molecule has 0 atom stereocenters. The maximum atomic E-state index is 5.76. The van der Waals surface area contributed by atoms with E-state index in [1.54, 1.807) is 11.3 Å². The SMILES string of the molecule is Cc1nc(N(C)Cc2ccc(Br)s2)ccc1N. The smallest absolute Gasteiger partial charge is 0.129 e. The van der Waals surface area contributed by atoms with Crippen LogP contribution in [0.1, 0.15) is 10.6 Å². The first-order chi connectivity index (χ1) is 8.06. The van der Waals surface area contributed by atoms with Gasteiger partial charge in [0.2, 0.25) is 0 Å². The number of aryl methyl sites for hydroxylation is 1. The summed E-state index contributed by atoms with van der Waals surface area (Å²) < 4.78 is 1.15. The molecule has 0 spiro atoms. The predicted molar refractivity (Wildman–Crippen MR) is 77.5 cm³/mol. The third kappa shape index (κ3) is 2.98. The number of pyridine rings is 1. The van der Waals surface area contributed by atoms with E-state index >= 15 is 0 Å². The number of nitrogen functional groups attached to an aromatic ring is 1. The first kappa shape index (κ1) is 12.4. The Morgan fingerprint density at radius 2 is 2.12 bits per heavy atom. The number of aromatic nitrogens is 1. The summed E-state index contributed by atoms with van der Waals surface area (Å²) >= 11 is 5.21. The zero-order valence-electron chi connectivity index (χ0n) is 9.77. The van der Waals surface area contributed by atoms with Crippen LogP contribution in [0, 0.1) is 6.92 Å². The molecule has 2 N–H and O–H groups in total. The molecule has 0 radical (unpaired) electrons. The number of anilines is 2. The van der Waals surface area contributed by atoms with Gasteiger partial charge in [-0.1, -0.05) is 0 Å². The van der Waals surface area contributed by atoms with Gasteiger partial charge in [0.1, 0.15) is 5.82 Å². The summed E-state index contributed by atoms with van der Waals surface area (Å²) in [4.78, 5) is 7.89. The largest absolute Gasteiger partial charge is 0.397 e. The number of hydrogen-bond acceptors (Lipinski definition) is 4. The first-order valence-corrected chi connectivity index (χ1v) is 6.85. The van der Waals surface area contributed by atoms with Crippen molar-refractivity contribution in [3.8, 4) is 0 Å². The molecule has 0 aliphatic carbocycles. The van der Waals surface area contributed by atoms with E-state index in [1.165, 1.54) is 4.88 Å². The zero-order valence-corrected chi connectivity index (χ0v) is 12.2. The van der Waals surface area contributed by atoms with Crippen molar-refractivity contribution >= 4 is 38.8 Å². The van der Waals surface area contributed by atoms with E-state index in [1.807, 2.05) is 26.1 Å². The van der Waals surface area contributed by atoms with Crippen LogP contribution in [-0.2, 0) is 6.54 Å². The molecule has 2 rings (SSSR count). The van der Waals surface area contributed by atoms with Gasteiger partial charge in [-0.15, -0.1) is 11.3 Å². The van der Waals surface area contributed by atoms with Crippen molar-refractivity contribution in [2.24, 2.45) is 0 Å². The fourth-order valence-corrected chi connectivity index (χ4v) is 3.06. The van der Waals surface area contributed by atoms with Gasteiger partial charge in [0.05, 0.1) is 21.7 Å². The van der Waals surface area contributed by atoms with Crippen molar-refractivity contribution in [1.29, 1.82) is 0 Å². The Morgan fingerprint density at radius 3 is 2.71 bits per heavy atom. The lowest BCUT2D eigenvalue weighted by Gasteiger charge is -2.18. The summed E-state index contributed by atoms with van der Waals surface area (Å²) in [7, 11) is 2.03. The molecule has 17 heavy (non-hydrogen) atoms. The summed E-state index contributed by atoms with van der Waals surface area (Å²) in [5, 5.41) is 0. The molecule has 2 aromatic rings. The molecular formula is C12H14BrN3S. The summed E-state index contributed by atoms with van der Waals surface area (Å²) in [6.45, 7) is 2.78. The fraction of sp³-hybridized carbons (Fsp3) is 0.250. The summed E-state index contributed by atoms with van der Waals surface area (Å²) in [6, 6.07) is 8.04. The van der Waals surface area contributed by atoms with Crippen LogP contribution in [0.25, 0.3) is 0 Å². The second-order valence-corrected chi connectivity index (χ2v) is 6.45. The Hall–Kier alpha value is -1.07. The Labute approximate surface area is 113 Å². The highest BCUT2D eigenvalue weighted by atomic mass is 79.9. The molecule has 2 heterocycles. The molecule has 5 heteroatoms. The minimum absolute atomic E-state index is 0.737.